The number of carbonyl (C=O) groups is 3. The Labute approximate surface area is 145 Å². The Balaban J connectivity index is 1.56. The van der Waals surface area contributed by atoms with Gasteiger partial charge in [-0.1, -0.05) is 24.8 Å². The zero-order chi connectivity index (χ0) is 17.8. The Morgan fingerprint density at radius 3 is 2.48 bits per heavy atom. The smallest absolute Gasteiger partial charge is 0.270 e. The van der Waals surface area contributed by atoms with Crippen molar-refractivity contribution in [2.75, 3.05) is 32.7 Å². The molecule has 2 heterocycles. The van der Waals surface area contributed by atoms with Gasteiger partial charge in [0.15, 0.2) is 0 Å². The first kappa shape index (κ1) is 16.8. The molecule has 0 unspecified atom stereocenters. The fourth-order valence-electron chi connectivity index (χ4n) is 2.86. The van der Waals surface area contributed by atoms with Crippen LogP contribution in [0.2, 0.25) is 0 Å². The van der Waals surface area contributed by atoms with Gasteiger partial charge in [-0.3, -0.25) is 14.4 Å². The van der Waals surface area contributed by atoms with E-state index in [2.05, 4.69) is 16.9 Å². The van der Waals surface area contributed by atoms with Gasteiger partial charge in [-0.15, -0.1) is 0 Å². The van der Waals surface area contributed by atoms with E-state index in [9.17, 15) is 14.4 Å². The first-order valence-corrected chi connectivity index (χ1v) is 8.13. The minimum absolute atomic E-state index is 0.0547. The Bertz CT molecular complexity index is 786. The van der Waals surface area contributed by atoms with E-state index in [0.29, 0.717) is 31.9 Å². The molecule has 7 heteroatoms. The first-order valence-electron chi connectivity index (χ1n) is 8.13. The largest absolute Gasteiger partial charge is 0.351 e. The number of nitrogens with one attached hydrogen (secondary N) is 2. The fourth-order valence-corrected chi connectivity index (χ4v) is 2.86. The minimum atomic E-state index is -0.374. The van der Waals surface area contributed by atoms with Gasteiger partial charge in [-0.05, 0) is 18.2 Å². The van der Waals surface area contributed by atoms with Crippen molar-refractivity contribution < 1.29 is 14.4 Å². The van der Waals surface area contributed by atoms with Gasteiger partial charge in [0, 0.05) is 37.1 Å². The quantitative estimate of drug-likeness (QED) is 0.806. The van der Waals surface area contributed by atoms with Gasteiger partial charge < -0.3 is 20.1 Å². The highest BCUT2D eigenvalue weighted by molar-refractivity contribution is 5.98. The lowest BCUT2D eigenvalue weighted by Crippen LogP contribution is -2.52. The minimum Gasteiger partial charge on any atom is -0.351 e. The summed E-state index contributed by atoms with van der Waals surface area (Å²) in [4.78, 5) is 42.3. The van der Waals surface area contributed by atoms with Gasteiger partial charge in [0.2, 0.25) is 11.8 Å². The van der Waals surface area contributed by atoms with Crippen molar-refractivity contribution in [3.63, 3.8) is 0 Å². The highest BCUT2D eigenvalue weighted by Gasteiger charge is 2.25. The number of fused-ring (bicyclic) bond motifs is 1. The van der Waals surface area contributed by atoms with Crippen LogP contribution in [0.25, 0.3) is 10.9 Å². The molecule has 0 saturated carbocycles. The Morgan fingerprint density at radius 2 is 1.80 bits per heavy atom. The van der Waals surface area contributed by atoms with Gasteiger partial charge in [-0.25, -0.2) is 0 Å². The third kappa shape index (κ3) is 3.71. The van der Waals surface area contributed by atoms with Crippen molar-refractivity contribution in [3.8, 4) is 0 Å². The van der Waals surface area contributed by atoms with Crippen LogP contribution < -0.4 is 5.32 Å². The summed E-state index contributed by atoms with van der Waals surface area (Å²) in [6.45, 7) is 5.13. The number of benzene rings is 1. The highest BCUT2D eigenvalue weighted by Crippen LogP contribution is 2.16. The second-order valence-electron chi connectivity index (χ2n) is 5.87. The van der Waals surface area contributed by atoms with Crippen molar-refractivity contribution in [3.05, 3.63) is 48.7 Å². The van der Waals surface area contributed by atoms with Gasteiger partial charge in [-0.2, -0.15) is 0 Å². The molecule has 0 radical (unpaired) electrons. The lowest BCUT2D eigenvalue weighted by Gasteiger charge is -2.34. The van der Waals surface area contributed by atoms with Crippen LogP contribution in [0.1, 0.15) is 10.5 Å². The summed E-state index contributed by atoms with van der Waals surface area (Å²) < 4.78 is 0. The van der Waals surface area contributed by atoms with Crippen molar-refractivity contribution in [1.82, 2.24) is 20.1 Å². The Morgan fingerprint density at radius 1 is 1.12 bits per heavy atom. The van der Waals surface area contributed by atoms with Crippen LogP contribution in [0.3, 0.4) is 0 Å². The lowest BCUT2D eigenvalue weighted by molar-refractivity contribution is -0.133. The van der Waals surface area contributed by atoms with E-state index >= 15 is 0 Å². The molecule has 1 aliphatic heterocycles. The molecule has 130 valence electrons. The van der Waals surface area contributed by atoms with E-state index in [-0.39, 0.29) is 24.3 Å². The molecule has 3 amide bonds. The predicted molar refractivity (Wildman–Crippen MR) is 94.0 cm³/mol. The highest BCUT2D eigenvalue weighted by atomic mass is 16.2. The number of aromatic nitrogens is 1. The maximum atomic E-state index is 12.6. The van der Waals surface area contributed by atoms with Crippen LogP contribution in [-0.4, -0.2) is 65.2 Å². The molecule has 1 aliphatic rings. The van der Waals surface area contributed by atoms with E-state index < -0.39 is 0 Å². The maximum Gasteiger partial charge on any atom is 0.270 e. The van der Waals surface area contributed by atoms with E-state index in [1.165, 1.54) is 0 Å². The predicted octanol–water partition coefficient (Wildman–Crippen LogP) is 0.754. The molecule has 25 heavy (non-hydrogen) atoms. The average molecular weight is 340 g/mol. The Hall–Kier alpha value is -3.09. The van der Waals surface area contributed by atoms with Crippen molar-refractivity contribution in [1.29, 1.82) is 0 Å². The number of carbonyl (C=O) groups excluding carboxylic acids is 3. The summed E-state index contributed by atoms with van der Waals surface area (Å²) in [5.41, 5.74) is 1.48. The number of para-hydroxylation sites is 1. The number of aromatic amines is 1. The molecule has 3 rings (SSSR count). The number of piperazine rings is 1. The van der Waals surface area contributed by atoms with Crippen LogP contribution in [0.15, 0.2) is 43.0 Å². The zero-order valence-electron chi connectivity index (χ0n) is 13.8. The maximum absolute atomic E-state index is 12.6. The molecule has 0 spiro atoms. The molecule has 1 aromatic heterocycles. The first-order chi connectivity index (χ1) is 12.1. The molecule has 0 bridgehead atoms. The molecule has 7 nitrogen and oxygen atoms in total. The normalized spacial score (nSPS) is 14.4. The van der Waals surface area contributed by atoms with Crippen LogP contribution in [0.4, 0.5) is 0 Å². The molecular formula is C18H20N4O3. The zero-order valence-corrected chi connectivity index (χ0v) is 13.8. The van der Waals surface area contributed by atoms with Gasteiger partial charge >= 0.3 is 0 Å². The van der Waals surface area contributed by atoms with E-state index in [1.54, 1.807) is 9.80 Å². The number of H-pyrrole nitrogens is 1. The van der Waals surface area contributed by atoms with Gasteiger partial charge in [0.05, 0.1) is 6.54 Å². The summed E-state index contributed by atoms with van der Waals surface area (Å²) in [6.07, 6.45) is 1.13. The lowest BCUT2D eigenvalue weighted by atomic mass is 10.2. The summed E-state index contributed by atoms with van der Waals surface area (Å²) in [5.74, 6) is -0.600. The molecule has 2 aromatic rings. The number of hydrogen-bond donors (Lipinski definition) is 2. The van der Waals surface area contributed by atoms with E-state index in [4.69, 9.17) is 0 Å². The van der Waals surface area contributed by atoms with Crippen LogP contribution >= 0.6 is 0 Å². The monoisotopic (exact) mass is 340 g/mol. The van der Waals surface area contributed by atoms with Crippen LogP contribution in [0.5, 0.6) is 0 Å². The van der Waals surface area contributed by atoms with E-state index in [1.807, 2.05) is 30.3 Å². The summed E-state index contributed by atoms with van der Waals surface area (Å²) in [6, 6.07) is 9.58. The van der Waals surface area contributed by atoms with E-state index in [0.717, 1.165) is 17.0 Å². The number of rotatable bonds is 4. The number of nitrogens with zero attached hydrogens (tertiary/aromatic N) is 2. The number of amides is 3. The summed E-state index contributed by atoms with van der Waals surface area (Å²) in [7, 11) is 0. The number of hydrogen-bond acceptors (Lipinski definition) is 3. The topological polar surface area (TPSA) is 85.5 Å². The second kappa shape index (κ2) is 7.21. The third-order valence-electron chi connectivity index (χ3n) is 4.28. The summed E-state index contributed by atoms with van der Waals surface area (Å²) >= 11 is 0. The standard InChI is InChI=1S/C18H20N4O3/c1-2-16(23)19-12-17(24)21-7-9-22(10-8-21)18(25)15-11-13-5-3-4-6-14(13)20-15/h2-6,11,20H,1,7-10,12H2,(H,19,23). The molecule has 0 aliphatic carbocycles. The summed E-state index contributed by atoms with van der Waals surface area (Å²) in [5, 5.41) is 3.47. The van der Waals surface area contributed by atoms with Crippen molar-refractivity contribution >= 4 is 28.6 Å². The Kier molecular flexibility index (Phi) is 4.83. The molecule has 2 N–H and O–H groups in total. The van der Waals surface area contributed by atoms with Crippen LogP contribution in [0, 0.1) is 0 Å². The van der Waals surface area contributed by atoms with Crippen molar-refractivity contribution in [2.45, 2.75) is 0 Å². The van der Waals surface area contributed by atoms with Crippen molar-refractivity contribution in [2.24, 2.45) is 0 Å². The van der Waals surface area contributed by atoms with Gasteiger partial charge in [0.25, 0.3) is 5.91 Å². The average Bonchev–Trinajstić information content (AvgIpc) is 3.09. The SMILES string of the molecule is C=CC(=O)NCC(=O)N1CCN(C(=O)c2cc3ccccc3[nH]2)CC1. The molecule has 1 saturated heterocycles. The molecule has 1 fully saturated rings. The molecular weight excluding hydrogens is 320 g/mol. The fraction of sp³-hybridized carbons (Fsp3) is 0.278. The molecule has 0 atom stereocenters. The third-order valence-corrected chi connectivity index (χ3v) is 4.28. The molecule has 1 aromatic carbocycles. The van der Waals surface area contributed by atoms with Gasteiger partial charge in [0.1, 0.15) is 5.69 Å². The van der Waals surface area contributed by atoms with Crippen LogP contribution in [-0.2, 0) is 9.59 Å². The second-order valence-corrected chi connectivity index (χ2v) is 5.87.